The Morgan fingerprint density at radius 1 is 0.471 bits per heavy atom. The van der Waals surface area contributed by atoms with Crippen molar-refractivity contribution in [2.45, 2.75) is 51.4 Å². The van der Waals surface area contributed by atoms with Crippen molar-refractivity contribution in [2.24, 2.45) is 0 Å². The highest BCUT2D eigenvalue weighted by atomic mass is 16.1. The van der Waals surface area contributed by atoms with E-state index in [0.29, 0.717) is 0 Å². The number of hydrogen-bond acceptors (Lipinski definition) is 1. The topological polar surface area (TPSA) is 17.1 Å². The Labute approximate surface area is 202 Å². The third-order valence-corrected chi connectivity index (χ3v) is 7.69. The average Bonchev–Trinajstić information content (AvgIpc) is 2.92. The van der Waals surface area contributed by atoms with Crippen molar-refractivity contribution in [1.82, 2.24) is 0 Å². The van der Waals surface area contributed by atoms with Crippen LogP contribution in [0.5, 0.6) is 0 Å². The molecule has 1 nitrogen and oxygen atoms in total. The molecule has 6 rings (SSSR count). The van der Waals surface area contributed by atoms with Gasteiger partial charge in [0.2, 0.25) is 0 Å². The lowest BCUT2D eigenvalue weighted by Gasteiger charge is -2.26. The fourth-order valence-electron chi connectivity index (χ4n) is 6.02. The number of hydrogen-bond donors (Lipinski definition) is 0. The molecule has 0 aromatic heterocycles. The lowest BCUT2D eigenvalue weighted by Crippen LogP contribution is -2.18. The average molecular weight is 443 g/mol. The van der Waals surface area contributed by atoms with Crippen LogP contribution >= 0.6 is 0 Å². The molecule has 2 aliphatic rings. The maximum absolute atomic E-state index is 14.8. The molecular formula is C33H30O. The van der Waals surface area contributed by atoms with Gasteiger partial charge >= 0.3 is 0 Å². The van der Waals surface area contributed by atoms with E-state index in [0.717, 1.165) is 71.9 Å². The van der Waals surface area contributed by atoms with Crippen molar-refractivity contribution in [1.29, 1.82) is 0 Å². The van der Waals surface area contributed by atoms with Gasteiger partial charge in [0.15, 0.2) is 5.78 Å². The van der Waals surface area contributed by atoms with Crippen molar-refractivity contribution < 1.29 is 4.79 Å². The van der Waals surface area contributed by atoms with Crippen LogP contribution in [0.15, 0.2) is 84.9 Å². The predicted octanol–water partition coefficient (Wildman–Crippen LogP) is 8.01. The smallest absolute Gasteiger partial charge is 0.194 e. The van der Waals surface area contributed by atoms with Gasteiger partial charge in [-0.25, -0.2) is 0 Å². The molecule has 0 spiro atoms. The normalized spacial score (nSPS) is 14.8. The molecule has 0 saturated carbocycles. The van der Waals surface area contributed by atoms with E-state index in [9.17, 15) is 4.79 Å². The van der Waals surface area contributed by atoms with E-state index in [1.807, 2.05) is 12.1 Å². The zero-order valence-electron chi connectivity index (χ0n) is 19.6. The maximum atomic E-state index is 14.8. The van der Waals surface area contributed by atoms with Gasteiger partial charge in [-0.2, -0.15) is 0 Å². The van der Waals surface area contributed by atoms with Gasteiger partial charge in [0.25, 0.3) is 0 Å². The van der Waals surface area contributed by atoms with Crippen LogP contribution in [0.4, 0.5) is 0 Å². The summed E-state index contributed by atoms with van der Waals surface area (Å²) in [6.45, 7) is 0. The third-order valence-electron chi connectivity index (χ3n) is 7.69. The molecular weight excluding hydrogens is 412 g/mol. The van der Waals surface area contributed by atoms with Crippen molar-refractivity contribution in [3.05, 3.63) is 118 Å². The zero-order valence-corrected chi connectivity index (χ0v) is 19.6. The molecule has 0 N–H and O–H groups in total. The largest absolute Gasteiger partial charge is 0.289 e. The molecule has 4 aromatic rings. The summed E-state index contributed by atoms with van der Waals surface area (Å²) < 4.78 is 0. The lowest BCUT2D eigenvalue weighted by molar-refractivity contribution is 0.103. The Balaban J connectivity index is 1.63. The van der Waals surface area contributed by atoms with Crippen LogP contribution in [0.2, 0.25) is 0 Å². The fourth-order valence-corrected chi connectivity index (χ4v) is 6.02. The van der Waals surface area contributed by atoms with Crippen LogP contribution in [0.1, 0.15) is 63.9 Å². The molecule has 0 aliphatic heterocycles. The monoisotopic (exact) mass is 442 g/mol. The van der Waals surface area contributed by atoms with Gasteiger partial charge in [0, 0.05) is 11.1 Å². The van der Waals surface area contributed by atoms with Crippen molar-refractivity contribution >= 4 is 5.78 Å². The van der Waals surface area contributed by atoms with Crippen LogP contribution in [-0.4, -0.2) is 5.78 Å². The summed E-state index contributed by atoms with van der Waals surface area (Å²) in [7, 11) is 0. The molecule has 0 heterocycles. The summed E-state index contributed by atoms with van der Waals surface area (Å²) in [5, 5.41) is 0. The summed E-state index contributed by atoms with van der Waals surface area (Å²) in [4.78, 5) is 14.8. The van der Waals surface area contributed by atoms with Gasteiger partial charge in [-0.1, -0.05) is 84.9 Å². The summed E-state index contributed by atoms with van der Waals surface area (Å²) in [5.41, 5.74) is 11.6. The number of ketones is 1. The quantitative estimate of drug-likeness (QED) is 0.293. The van der Waals surface area contributed by atoms with Crippen LogP contribution in [0.25, 0.3) is 22.3 Å². The van der Waals surface area contributed by atoms with Gasteiger partial charge in [-0.15, -0.1) is 0 Å². The van der Waals surface area contributed by atoms with Gasteiger partial charge in [-0.3, -0.25) is 4.79 Å². The van der Waals surface area contributed by atoms with Crippen molar-refractivity contribution in [3.8, 4) is 22.3 Å². The Morgan fingerprint density at radius 3 is 1.32 bits per heavy atom. The Kier molecular flexibility index (Phi) is 5.63. The number of carbonyl (C=O) groups excluding carboxylic acids is 1. The SMILES string of the molecule is O=C(c1c(-c2ccccc2)ccc2c1CCCC2)c1c(-c2ccccc2)ccc2c1CCCC2. The minimum atomic E-state index is 0.218. The number of aryl methyl sites for hydroxylation is 2. The molecule has 0 radical (unpaired) electrons. The zero-order chi connectivity index (χ0) is 22.9. The van der Waals surface area contributed by atoms with Gasteiger partial charge < -0.3 is 0 Å². The third kappa shape index (κ3) is 3.70. The molecule has 34 heavy (non-hydrogen) atoms. The van der Waals surface area contributed by atoms with E-state index in [-0.39, 0.29) is 5.78 Å². The van der Waals surface area contributed by atoms with E-state index in [4.69, 9.17) is 0 Å². The van der Waals surface area contributed by atoms with Gasteiger partial charge in [0.05, 0.1) is 0 Å². The number of carbonyl (C=O) groups is 1. The highest BCUT2D eigenvalue weighted by Gasteiger charge is 2.28. The van der Waals surface area contributed by atoms with Crippen molar-refractivity contribution in [3.63, 3.8) is 0 Å². The standard InChI is InChI=1S/C33H30O/c34-33(31-27-17-9-7-15-25(27)19-21-29(31)23-11-3-1-4-12-23)32-28-18-10-8-16-26(28)20-22-30(32)24-13-5-2-6-14-24/h1-6,11-14,19-22H,7-10,15-18H2. The lowest BCUT2D eigenvalue weighted by atomic mass is 9.77. The second-order valence-corrected chi connectivity index (χ2v) is 9.73. The maximum Gasteiger partial charge on any atom is 0.194 e. The molecule has 4 aromatic carbocycles. The van der Waals surface area contributed by atoms with E-state index < -0.39 is 0 Å². The molecule has 168 valence electrons. The molecule has 1 heteroatoms. The first-order chi connectivity index (χ1) is 16.8. The van der Waals surface area contributed by atoms with Crippen LogP contribution in [0.3, 0.4) is 0 Å². The Morgan fingerprint density at radius 2 is 0.882 bits per heavy atom. The van der Waals surface area contributed by atoms with E-state index in [1.165, 1.54) is 35.1 Å². The summed E-state index contributed by atoms with van der Waals surface area (Å²) >= 11 is 0. The minimum absolute atomic E-state index is 0.218. The molecule has 0 saturated heterocycles. The van der Waals surface area contributed by atoms with Crippen molar-refractivity contribution in [2.75, 3.05) is 0 Å². The van der Waals surface area contributed by atoms with E-state index >= 15 is 0 Å². The molecule has 0 atom stereocenters. The molecule has 0 amide bonds. The molecule has 2 aliphatic carbocycles. The minimum Gasteiger partial charge on any atom is -0.289 e. The van der Waals surface area contributed by atoms with Crippen LogP contribution in [0, 0.1) is 0 Å². The Bertz CT molecular complexity index is 1240. The summed E-state index contributed by atoms with van der Waals surface area (Å²) in [5.74, 6) is 0.218. The van der Waals surface area contributed by atoms with E-state index in [1.54, 1.807) is 0 Å². The summed E-state index contributed by atoms with van der Waals surface area (Å²) in [6.07, 6.45) is 8.86. The van der Waals surface area contributed by atoms with E-state index in [2.05, 4.69) is 72.8 Å². The molecule has 0 unspecified atom stereocenters. The second-order valence-electron chi connectivity index (χ2n) is 9.73. The first kappa shape index (κ1) is 21.1. The number of rotatable bonds is 4. The Hall–Kier alpha value is -3.45. The number of benzene rings is 4. The molecule has 0 fully saturated rings. The second kappa shape index (κ2) is 9.06. The van der Waals surface area contributed by atoms with Gasteiger partial charge in [0.1, 0.15) is 0 Å². The first-order valence-electron chi connectivity index (χ1n) is 12.8. The highest BCUT2D eigenvalue weighted by molar-refractivity contribution is 6.18. The fraction of sp³-hybridized carbons (Fsp3) is 0.242. The van der Waals surface area contributed by atoms with Crippen LogP contribution < -0.4 is 0 Å². The van der Waals surface area contributed by atoms with Gasteiger partial charge in [-0.05, 0) is 95.9 Å². The highest BCUT2D eigenvalue weighted by Crippen LogP contribution is 2.39. The van der Waals surface area contributed by atoms with Crippen LogP contribution in [-0.2, 0) is 25.7 Å². The first-order valence-corrected chi connectivity index (χ1v) is 12.8. The summed E-state index contributed by atoms with van der Waals surface area (Å²) in [6, 6.07) is 29.9. The predicted molar refractivity (Wildman–Crippen MR) is 140 cm³/mol. The number of fused-ring (bicyclic) bond motifs is 2. The molecule has 0 bridgehead atoms.